The zero-order chi connectivity index (χ0) is 18.1. The van der Waals surface area contributed by atoms with Crippen molar-refractivity contribution in [3.8, 4) is 0 Å². The number of carbonyl (C=O) groups excluding carboxylic acids is 1. The van der Waals surface area contributed by atoms with Crippen LogP contribution in [-0.2, 0) is 14.2 Å². The molecule has 4 nitrogen and oxygen atoms in total. The van der Waals surface area contributed by atoms with Crippen LogP contribution < -0.4 is 0 Å². The fourth-order valence-corrected chi connectivity index (χ4v) is 1.43. The van der Waals surface area contributed by atoms with Gasteiger partial charge >= 0.3 is 30.3 Å². The van der Waals surface area contributed by atoms with Crippen molar-refractivity contribution >= 4 is 6.16 Å². The van der Waals surface area contributed by atoms with Crippen LogP contribution in [0.5, 0.6) is 0 Å². The first kappa shape index (κ1) is 19.6. The van der Waals surface area contributed by atoms with E-state index in [2.05, 4.69) is 14.2 Å². The normalized spacial score (nSPS) is 20.4. The Hall–Kier alpha value is -1.40. The average molecular weight is 364 g/mol. The fraction of sp³-hybridized carbons (Fsp3) is 0.900. The summed E-state index contributed by atoms with van der Waals surface area (Å²) in [4.78, 5) is 10.5. The maximum absolute atomic E-state index is 13.3. The van der Waals surface area contributed by atoms with Gasteiger partial charge in [0.25, 0.3) is 0 Å². The van der Waals surface area contributed by atoms with Crippen molar-refractivity contribution in [3.05, 3.63) is 0 Å². The number of alkyl halides is 9. The van der Waals surface area contributed by atoms with Gasteiger partial charge in [-0.15, -0.1) is 0 Å². The van der Waals surface area contributed by atoms with Gasteiger partial charge in [0.15, 0.2) is 0 Å². The smallest absolute Gasteiger partial charge is 0.430 e. The van der Waals surface area contributed by atoms with Gasteiger partial charge < -0.3 is 14.2 Å². The summed E-state index contributed by atoms with van der Waals surface area (Å²) in [6.45, 7) is -2.72. The second kappa shape index (κ2) is 6.24. The Morgan fingerprint density at radius 1 is 1.00 bits per heavy atom. The lowest BCUT2D eigenvalue weighted by Crippen LogP contribution is -2.46. The first-order valence-electron chi connectivity index (χ1n) is 5.85. The van der Waals surface area contributed by atoms with Crippen LogP contribution in [0.3, 0.4) is 0 Å². The molecule has 0 aromatic heterocycles. The summed E-state index contributed by atoms with van der Waals surface area (Å²) < 4.78 is 125. The highest BCUT2D eigenvalue weighted by Crippen LogP contribution is 2.42. The first-order chi connectivity index (χ1) is 10.2. The van der Waals surface area contributed by atoms with Gasteiger partial charge in [-0.2, -0.15) is 39.5 Å². The molecule has 0 aromatic carbocycles. The molecular formula is C10H9F9O4. The van der Waals surface area contributed by atoms with Gasteiger partial charge in [0, 0.05) is 6.42 Å². The quantitative estimate of drug-likeness (QED) is 0.510. The van der Waals surface area contributed by atoms with Crippen LogP contribution in [0, 0.1) is 0 Å². The molecule has 0 bridgehead atoms. The van der Waals surface area contributed by atoms with Crippen LogP contribution in [0.2, 0.25) is 0 Å². The summed E-state index contributed by atoms with van der Waals surface area (Å²) in [5.74, 6) is -10.4. The van der Waals surface area contributed by atoms with Crippen molar-refractivity contribution in [2.75, 3.05) is 13.2 Å². The highest BCUT2D eigenvalue weighted by atomic mass is 19.4. The molecular weight excluding hydrogens is 355 g/mol. The van der Waals surface area contributed by atoms with Crippen LogP contribution in [0.1, 0.15) is 12.8 Å². The Labute approximate surface area is 122 Å². The van der Waals surface area contributed by atoms with E-state index in [0.29, 0.717) is 0 Å². The first-order valence-corrected chi connectivity index (χ1v) is 5.85. The Bertz CT molecular complexity index is 435. The Kier molecular flexibility index (Phi) is 5.33. The molecule has 0 spiro atoms. The zero-order valence-corrected chi connectivity index (χ0v) is 10.9. The molecule has 1 unspecified atom stereocenters. The Morgan fingerprint density at radius 3 is 2.00 bits per heavy atom. The van der Waals surface area contributed by atoms with E-state index in [1.165, 1.54) is 0 Å². The third kappa shape index (κ3) is 4.78. The maximum atomic E-state index is 13.3. The van der Waals surface area contributed by atoms with Gasteiger partial charge in [-0.1, -0.05) is 0 Å². The van der Waals surface area contributed by atoms with Gasteiger partial charge in [-0.25, -0.2) is 4.79 Å². The number of rotatable bonds is 7. The molecule has 1 saturated heterocycles. The molecule has 1 fully saturated rings. The third-order valence-electron chi connectivity index (χ3n) is 2.67. The summed E-state index contributed by atoms with van der Waals surface area (Å²) in [6, 6.07) is 0. The summed E-state index contributed by atoms with van der Waals surface area (Å²) >= 11 is 0. The molecule has 0 amide bonds. The molecule has 0 N–H and O–H groups in total. The van der Waals surface area contributed by atoms with Crippen molar-refractivity contribution in [2.24, 2.45) is 0 Å². The topological polar surface area (TPSA) is 44.8 Å². The zero-order valence-electron chi connectivity index (χ0n) is 10.9. The Morgan fingerprint density at radius 2 is 1.57 bits per heavy atom. The molecule has 0 aliphatic carbocycles. The molecule has 1 atom stereocenters. The van der Waals surface area contributed by atoms with Crippen LogP contribution in [0.15, 0.2) is 0 Å². The SMILES string of the molecule is O=C1OCC(CC(F)(F)C(F)(F)OCCC(F)(F)C(F)(F)F)O1. The highest BCUT2D eigenvalue weighted by molar-refractivity contribution is 5.61. The predicted octanol–water partition coefficient (Wildman–Crippen LogP) is 3.74. The highest BCUT2D eigenvalue weighted by Gasteiger charge is 2.61. The van der Waals surface area contributed by atoms with Crippen molar-refractivity contribution in [1.82, 2.24) is 0 Å². The summed E-state index contributed by atoms with van der Waals surface area (Å²) in [7, 11) is 0. The molecule has 1 aliphatic rings. The number of ether oxygens (including phenoxy) is 3. The predicted molar refractivity (Wildman–Crippen MR) is 52.3 cm³/mol. The van der Waals surface area contributed by atoms with E-state index in [-0.39, 0.29) is 0 Å². The Balaban J connectivity index is 2.58. The van der Waals surface area contributed by atoms with E-state index in [0.717, 1.165) is 0 Å². The van der Waals surface area contributed by atoms with Crippen molar-refractivity contribution in [1.29, 1.82) is 0 Å². The molecule has 1 heterocycles. The molecule has 0 radical (unpaired) electrons. The van der Waals surface area contributed by atoms with E-state index < -0.39 is 62.4 Å². The van der Waals surface area contributed by atoms with E-state index in [1.807, 2.05) is 0 Å². The van der Waals surface area contributed by atoms with Crippen LogP contribution >= 0.6 is 0 Å². The molecule has 1 rings (SSSR count). The second-order valence-corrected chi connectivity index (χ2v) is 4.53. The number of carbonyl (C=O) groups is 1. The van der Waals surface area contributed by atoms with Gasteiger partial charge in [-0.3, -0.25) is 0 Å². The van der Waals surface area contributed by atoms with E-state index in [4.69, 9.17) is 0 Å². The minimum Gasteiger partial charge on any atom is -0.430 e. The van der Waals surface area contributed by atoms with Crippen LogP contribution in [-0.4, -0.2) is 49.6 Å². The number of hydrogen-bond acceptors (Lipinski definition) is 4. The average Bonchev–Trinajstić information content (AvgIpc) is 2.71. The van der Waals surface area contributed by atoms with Crippen LogP contribution in [0.4, 0.5) is 44.3 Å². The van der Waals surface area contributed by atoms with Gasteiger partial charge in [0.1, 0.15) is 12.7 Å². The lowest BCUT2D eigenvalue weighted by atomic mass is 10.1. The van der Waals surface area contributed by atoms with Gasteiger partial charge in [0.2, 0.25) is 0 Å². The van der Waals surface area contributed by atoms with Gasteiger partial charge in [-0.05, 0) is 0 Å². The van der Waals surface area contributed by atoms with Crippen molar-refractivity contribution in [2.45, 2.75) is 43.1 Å². The third-order valence-corrected chi connectivity index (χ3v) is 2.67. The molecule has 0 saturated carbocycles. The molecule has 0 aromatic rings. The minimum absolute atomic E-state index is 0.739. The summed E-state index contributed by atoms with van der Waals surface area (Å²) in [5.41, 5.74) is 0. The molecule has 136 valence electrons. The lowest BCUT2D eigenvalue weighted by Gasteiger charge is -2.28. The van der Waals surface area contributed by atoms with E-state index >= 15 is 0 Å². The van der Waals surface area contributed by atoms with Crippen LogP contribution in [0.25, 0.3) is 0 Å². The minimum atomic E-state index is -6.02. The molecule has 1 aliphatic heterocycles. The fourth-order valence-electron chi connectivity index (χ4n) is 1.43. The monoisotopic (exact) mass is 364 g/mol. The maximum Gasteiger partial charge on any atom is 0.508 e. The van der Waals surface area contributed by atoms with Crippen molar-refractivity contribution in [3.63, 3.8) is 0 Å². The number of hydrogen-bond donors (Lipinski definition) is 0. The van der Waals surface area contributed by atoms with Crippen molar-refractivity contribution < 1.29 is 58.5 Å². The molecule has 23 heavy (non-hydrogen) atoms. The lowest BCUT2D eigenvalue weighted by molar-refractivity contribution is -0.359. The van der Waals surface area contributed by atoms with E-state index in [9.17, 15) is 44.3 Å². The standard InChI is InChI=1S/C10H9F9O4/c11-7(12,9(15,16)17)1-2-22-10(18,19)8(13,14)3-5-4-21-6(20)23-5/h5H,1-4H2. The second-order valence-electron chi connectivity index (χ2n) is 4.53. The summed E-state index contributed by atoms with van der Waals surface area (Å²) in [6.07, 6.45) is -18.5. The largest absolute Gasteiger partial charge is 0.508 e. The molecule has 13 heteroatoms. The van der Waals surface area contributed by atoms with Gasteiger partial charge in [0.05, 0.1) is 13.0 Å². The number of cyclic esters (lactones) is 2. The van der Waals surface area contributed by atoms with E-state index in [1.54, 1.807) is 0 Å². The summed E-state index contributed by atoms with van der Waals surface area (Å²) in [5, 5.41) is 0. The number of halogens is 9.